The smallest absolute Gasteiger partial charge is 0.222 e. The van der Waals surface area contributed by atoms with Gasteiger partial charge in [-0.05, 0) is 12.0 Å². The molecule has 1 atom stereocenters. The van der Waals surface area contributed by atoms with E-state index in [1.54, 1.807) is 7.05 Å². The predicted molar refractivity (Wildman–Crippen MR) is 102 cm³/mol. The number of thioether (sulfide) groups is 1. The van der Waals surface area contributed by atoms with Crippen LogP contribution in [0, 0.1) is 0 Å². The lowest BCUT2D eigenvalue weighted by Crippen LogP contribution is -2.48. The highest BCUT2D eigenvalue weighted by Gasteiger charge is 2.21. The molecule has 1 heterocycles. The van der Waals surface area contributed by atoms with Gasteiger partial charge in [0, 0.05) is 50.7 Å². The zero-order valence-electron chi connectivity index (χ0n) is 14.6. The molecule has 2 rings (SSSR count). The van der Waals surface area contributed by atoms with E-state index < -0.39 is 0 Å². The van der Waals surface area contributed by atoms with E-state index in [4.69, 9.17) is 0 Å². The first kappa shape index (κ1) is 18.6. The van der Waals surface area contributed by atoms with Gasteiger partial charge in [-0.3, -0.25) is 9.79 Å². The maximum Gasteiger partial charge on any atom is 0.222 e. The van der Waals surface area contributed by atoms with Gasteiger partial charge in [0.15, 0.2) is 5.96 Å². The Labute approximate surface area is 149 Å². The van der Waals surface area contributed by atoms with Gasteiger partial charge in [-0.25, -0.2) is 0 Å². The van der Waals surface area contributed by atoms with E-state index in [1.807, 2.05) is 42.1 Å². The van der Waals surface area contributed by atoms with E-state index >= 15 is 0 Å². The molecule has 0 spiro atoms. The topological polar surface area (TPSA) is 56.7 Å². The molecule has 0 saturated carbocycles. The Balaban J connectivity index is 1.68. The first-order valence-corrected chi connectivity index (χ1v) is 9.65. The van der Waals surface area contributed by atoms with E-state index in [9.17, 15) is 4.79 Å². The fourth-order valence-corrected chi connectivity index (χ4v) is 3.84. The molecule has 1 unspecified atom stereocenters. The fourth-order valence-electron chi connectivity index (χ4n) is 2.66. The van der Waals surface area contributed by atoms with E-state index in [1.165, 1.54) is 6.42 Å². The number of aliphatic imine (C=N–C) groups is 1. The molecular weight excluding hydrogens is 320 g/mol. The molecule has 0 bridgehead atoms. The van der Waals surface area contributed by atoms with Gasteiger partial charge in [0.2, 0.25) is 5.91 Å². The summed E-state index contributed by atoms with van der Waals surface area (Å²) in [6, 6.07) is 9.96. The first-order valence-electron chi connectivity index (χ1n) is 8.60. The molecule has 132 valence electrons. The third kappa shape index (κ3) is 6.07. The van der Waals surface area contributed by atoms with Crippen LogP contribution in [0.15, 0.2) is 35.3 Å². The largest absolute Gasteiger partial charge is 0.356 e. The summed E-state index contributed by atoms with van der Waals surface area (Å²) in [5.41, 5.74) is 1.12. The van der Waals surface area contributed by atoms with E-state index in [0.29, 0.717) is 24.8 Å². The molecule has 24 heavy (non-hydrogen) atoms. The van der Waals surface area contributed by atoms with Crippen LogP contribution >= 0.6 is 11.8 Å². The van der Waals surface area contributed by atoms with Crippen LogP contribution in [0.1, 0.15) is 25.3 Å². The number of rotatable bonds is 6. The fraction of sp³-hybridized carbons (Fsp3) is 0.556. The molecule has 1 aliphatic rings. The second-order valence-corrected chi connectivity index (χ2v) is 7.24. The molecule has 1 aromatic rings. The zero-order valence-corrected chi connectivity index (χ0v) is 15.4. The van der Waals surface area contributed by atoms with Gasteiger partial charge in [0.05, 0.1) is 0 Å². The summed E-state index contributed by atoms with van der Waals surface area (Å²) in [5, 5.41) is 6.94. The number of amides is 1. The molecule has 1 fully saturated rings. The van der Waals surface area contributed by atoms with Gasteiger partial charge in [0.25, 0.3) is 0 Å². The van der Waals surface area contributed by atoms with Crippen molar-refractivity contribution < 1.29 is 4.79 Å². The molecule has 1 saturated heterocycles. The molecular formula is C18H28N4OS. The maximum atomic E-state index is 12.0. The van der Waals surface area contributed by atoms with Crippen molar-refractivity contribution in [3.05, 3.63) is 35.9 Å². The standard InChI is InChI=1S/C18H28N4OS/c1-3-16-14-22(11-12-24-16)18(19-2)20-10-9-17(23)21-13-15-7-5-4-6-8-15/h4-8,16H,3,9-14H2,1-2H3,(H,19,20)(H,21,23). The lowest BCUT2D eigenvalue weighted by atomic mass is 10.2. The van der Waals surface area contributed by atoms with Crippen LogP contribution in [0.4, 0.5) is 0 Å². The van der Waals surface area contributed by atoms with Gasteiger partial charge >= 0.3 is 0 Å². The number of nitrogens with zero attached hydrogens (tertiary/aromatic N) is 2. The lowest BCUT2D eigenvalue weighted by Gasteiger charge is -2.34. The van der Waals surface area contributed by atoms with Crippen molar-refractivity contribution in [2.24, 2.45) is 4.99 Å². The number of carbonyl (C=O) groups is 1. The summed E-state index contributed by atoms with van der Waals surface area (Å²) in [4.78, 5) is 18.6. The summed E-state index contributed by atoms with van der Waals surface area (Å²) in [7, 11) is 1.81. The van der Waals surface area contributed by atoms with Crippen LogP contribution in [0.5, 0.6) is 0 Å². The average Bonchev–Trinajstić information content (AvgIpc) is 2.64. The summed E-state index contributed by atoms with van der Waals surface area (Å²) in [6.07, 6.45) is 1.63. The third-order valence-electron chi connectivity index (χ3n) is 4.07. The van der Waals surface area contributed by atoms with Gasteiger partial charge < -0.3 is 15.5 Å². The minimum absolute atomic E-state index is 0.0578. The SMILES string of the molecule is CCC1CN(C(=NC)NCCC(=O)NCc2ccccc2)CCS1. The molecule has 1 aliphatic heterocycles. The Morgan fingerprint density at radius 1 is 1.33 bits per heavy atom. The Bertz CT molecular complexity index is 535. The average molecular weight is 349 g/mol. The third-order valence-corrected chi connectivity index (χ3v) is 5.45. The van der Waals surface area contributed by atoms with Crippen molar-refractivity contribution in [2.45, 2.75) is 31.6 Å². The normalized spacial score (nSPS) is 18.3. The maximum absolute atomic E-state index is 12.0. The van der Waals surface area contributed by atoms with Crippen LogP contribution in [0.2, 0.25) is 0 Å². The van der Waals surface area contributed by atoms with Crippen molar-refractivity contribution >= 4 is 23.6 Å². The van der Waals surface area contributed by atoms with Crippen molar-refractivity contribution in [2.75, 3.05) is 32.4 Å². The quantitative estimate of drug-likeness (QED) is 0.611. The van der Waals surface area contributed by atoms with Crippen LogP contribution in [-0.4, -0.2) is 54.5 Å². The first-order chi connectivity index (χ1) is 11.7. The van der Waals surface area contributed by atoms with Crippen LogP contribution < -0.4 is 10.6 Å². The van der Waals surface area contributed by atoms with E-state index in [2.05, 4.69) is 27.4 Å². The van der Waals surface area contributed by atoms with Gasteiger partial charge in [-0.2, -0.15) is 11.8 Å². The van der Waals surface area contributed by atoms with Gasteiger partial charge in [-0.15, -0.1) is 0 Å². The molecule has 5 nitrogen and oxygen atoms in total. The number of hydrogen-bond acceptors (Lipinski definition) is 3. The molecule has 0 aromatic heterocycles. The molecule has 2 N–H and O–H groups in total. The predicted octanol–water partition coefficient (Wildman–Crippen LogP) is 2.10. The number of hydrogen-bond donors (Lipinski definition) is 2. The van der Waals surface area contributed by atoms with Crippen molar-refractivity contribution in [1.29, 1.82) is 0 Å². The zero-order chi connectivity index (χ0) is 17.2. The number of nitrogens with one attached hydrogen (secondary N) is 2. The Morgan fingerprint density at radius 2 is 2.12 bits per heavy atom. The molecule has 0 aliphatic carbocycles. The van der Waals surface area contributed by atoms with Gasteiger partial charge in [0.1, 0.15) is 0 Å². The molecule has 1 aromatic carbocycles. The second kappa shape index (κ2) is 10.2. The second-order valence-electron chi connectivity index (χ2n) is 5.83. The minimum Gasteiger partial charge on any atom is -0.356 e. The molecule has 0 radical (unpaired) electrons. The van der Waals surface area contributed by atoms with E-state index in [-0.39, 0.29) is 5.91 Å². The number of benzene rings is 1. The summed E-state index contributed by atoms with van der Waals surface area (Å²) < 4.78 is 0. The van der Waals surface area contributed by atoms with E-state index in [0.717, 1.165) is 30.4 Å². The highest BCUT2D eigenvalue weighted by atomic mass is 32.2. The summed E-state index contributed by atoms with van der Waals surface area (Å²) in [5.74, 6) is 2.10. The van der Waals surface area contributed by atoms with Crippen molar-refractivity contribution in [1.82, 2.24) is 15.5 Å². The highest BCUT2D eigenvalue weighted by Crippen LogP contribution is 2.20. The monoisotopic (exact) mass is 348 g/mol. The van der Waals surface area contributed by atoms with Crippen LogP contribution in [0.25, 0.3) is 0 Å². The highest BCUT2D eigenvalue weighted by molar-refractivity contribution is 8.00. The number of guanidine groups is 1. The minimum atomic E-state index is 0.0578. The Kier molecular flexibility index (Phi) is 7.95. The Morgan fingerprint density at radius 3 is 2.83 bits per heavy atom. The summed E-state index contributed by atoms with van der Waals surface area (Å²) >= 11 is 2.04. The van der Waals surface area contributed by atoms with Gasteiger partial charge in [-0.1, -0.05) is 37.3 Å². The molecule has 1 amide bonds. The lowest BCUT2D eigenvalue weighted by molar-refractivity contribution is -0.121. The number of carbonyl (C=O) groups excluding carboxylic acids is 1. The summed E-state index contributed by atoms with van der Waals surface area (Å²) in [6.45, 7) is 5.46. The Hall–Kier alpha value is -1.69. The van der Waals surface area contributed by atoms with Crippen LogP contribution in [-0.2, 0) is 11.3 Å². The van der Waals surface area contributed by atoms with Crippen LogP contribution in [0.3, 0.4) is 0 Å². The van der Waals surface area contributed by atoms with Crippen molar-refractivity contribution in [3.8, 4) is 0 Å². The molecule has 6 heteroatoms. The van der Waals surface area contributed by atoms with Crippen molar-refractivity contribution in [3.63, 3.8) is 0 Å².